The van der Waals surface area contributed by atoms with E-state index >= 15 is 0 Å². The van der Waals surface area contributed by atoms with E-state index in [4.69, 9.17) is 9.40 Å². The lowest BCUT2D eigenvalue weighted by Gasteiger charge is -2.24. The van der Waals surface area contributed by atoms with E-state index in [1.165, 1.54) is 0 Å². The molecule has 0 unspecified atom stereocenters. The standard InChI is InChI=1S/C24H28N4O.ClH/c1-15-18(13-25)20-22(29-23(27-20)24(2,3)4)21(28-12-11-17(14-28)26-5)19(15)16-9-7-6-8-10-16;/h6-10,17,26H,11-12,14H2,1-5H3;1H/t17-;/m0./s1. The van der Waals surface area contributed by atoms with E-state index < -0.39 is 0 Å². The van der Waals surface area contributed by atoms with Gasteiger partial charge in [-0.3, -0.25) is 0 Å². The number of rotatable bonds is 3. The van der Waals surface area contributed by atoms with Crippen LogP contribution >= 0.6 is 12.4 Å². The number of aromatic nitrogens is 1. The highest BCUT2D eigenvalue weighted by Crippen LogP contribution is 2.44. The van der Waals surface area contributed by atoms with Gasteiger partial charge < -0.3 is 14.6 Å². The fourth-order valence-corrected chi connectivity index (χ4v) is 4.16. The van der Waals surface area contributed by atoms with Crippen molar-refractivity contribution in [3.8, 4) is 17.2 Å². The van der Waals surface area contributed by atoms with Crippen LogP contribution in [0.2, 0.25) is 0 Å². The molecule has 1 saturated heterocycles. The highest BCUT2D eigenvalue weighted by Gasteiger charge is 2.32. The lowest BCUT2D eigenvalue weighted by Crippen LogP contribution is -2.30. The molecule has 1 N–H and O–H groups in total. The minimum Gasteiger partial charge on any atom is -0.438 e. The maximum absolute atomic E-state index is 9.98. The summed E-state index contributed by atoms with van der Waals surface area (Å²) >= 11 is 0. The summed E-state index contributed by atoms with van der Waals surface area (Å²) in [6.45, 7) is 10.1. The summed E-state index contributed by atoms with van der Waals surface area (Å²) in [6.07, 6.45) is 1.07. The van der Waals surface area contributed by atoms with Crippen LogP contribution in [0, 0.1) is 18.3 Å². The predicted molar refractivity (Wildman–Crippen MR) is 125 cm³/mol. The number of nitrogens with zero attached hydrogens (tertiary/aromatic N) is 3. The van der Waals surface area contributed by atoms with Gasteiger partial charge in [0.15, 0.2) is 5.58 Å². The molecule has 2 heterocycles. The van der Waals surface area contributed by atoms with Crippen molar-refractivity contribution in [2.45, 2.75) is 45.6 Å². The van der Waals surface area contributed by atoms with Gasteiger partial charge in [-0.1, -0.05) is 51.1 Å². The van der Waals surface area contributed by atoms with Gasteiger partial charge in [-0.25, -0.2) is 4.98 Å². The van der Waals surface area contributed by atoms with Crippen LogP contribution in [0.5, 0.6) is 0 Å². The fraction of sp³-hybridized carbons (Fsp3) is 0.417. The summed E-state index contributed by atoms with van der Waals surface area (Å²) in [6, 6.07) is 13.1. The predicted octanol–water partition coefficient (Wildman–Crippen LogP) is 5.19. The molecule has 30 heavy (non-hydrogen) atoms. The Balaban J connectivity index is 0.00000256. The fourth-order valence-electron chi connectivity index (χ4n) is 4.16. The van der Waals surface area contributed by atoms with E-state index in [0.717, 1.165) is 47.5 Å². The van der Waals surface area contributed by atoms with E-state index in [-0.39, 0.29) is 17.8 Å². The molecule has 0 bridgehead atoms. The Morgan fingerprint density at radius 1 is 1.23 bits per heavy atom. The number of anilines is 1. The Hall–Kier alpha value is -2.55. The summed E-state index contributed by atoms with van der Waals surface area (Å²) in [7, 11) is 2.01. The lowest BCUT2D eigenvalue weighted by atomic mass is 9.93. The Labute approximate surface area is 184 Å². The smallest absolute Gasteiger partial charge is 0.201 e. The first-order valence-electron chi connectivity index (χ1n) is 10.2. The summed E-state index contributed by atoms with van der Waals surface area (Å²) in [5, 5.41) is 13.4. The Bertz CT molecular complexity index is 1090. The third kappa shape index (κ3) is 3.66. The first kappa shape index (κ1) is 22.1. The minimum atomic E-state index is -0.234. The van der Waals surface area contributed by atoms with Gasteiger partial charge in [0.25, 0.3) is 0 Å². The second-order valence-corrected chi connectivity index (χ2v) is 8.87. The summed E-state index contributed by atoms with van der Waals surface area (Å²) in [5.74, 6) is 0.666. The van der Waals surface area contributed by atoms with Crippen LogP contribution in [0.15, 0.2) is 34.7 Å². The zero-order chi connectivity index (χ0) is 20.8. The van der Waals surface area contributed by atoms with Gasteiger partial charge in [-0.15, -0.1) is 12.4 Å². The molecule has 0 radical (unpaired) electrons. The number of hydrogen-bond acceptors (Lipinski definition) is 5. The lowest BCUT2D eigenvalue weighted by molar-refractivity contribution is 0.411. The van der Waals surface area contributed by atoms with E-state index in [9.17, 15) is 5.26 Å². The molecule has 0 aliphatic carbocycles. The third-order valence-electron chi connectivity index (χ3n) is 5.79. The van der Waals surface area contributed by atoms with Crippen LogP contribution in [-0.2, 0) is 5.41 Å². The van der Waals surface area contributed by atoms with Gasteiger partial charge in [0, 0.05) is 30.1 Å². The molecule has 1 aliphatic heterocycles. The number of likely N-dealkylation sites (N-methyl/N-ethyl adjacent to an activating group) is 1. The van der Waals surface area contributed by atoms with Crippen LogP contribution in [0.4, 0.5) is 5.69 Å². The highest BCUT2D eigenvalue weighted by molar-refractivity contribution is 6.02. The van der Waals surface area contributed by atoms with Crippen LogP contribution in [0.25, 0.3) is 22.2 Å². The van der Waals surface area contributed by atoms with Crippen molar-refractivity contribution >= 4 is 29.2 Å². The molecule has 1 atom stereocenters. The first-order chi connectivity index (χ1) is 13.8. The summed E-state index contributed by atoms with van der Waals surface area (Å²) in [4.78, 5) is 7.18. The van der Waals surface area contributed by atoms with Crippen molar-refractivity contribution in [1.29, 1.82) is 5.26 Å². The number of benzene rings is 2. The SMILES string of the molecule is CN[C@H]1CCN(c2c(-c3ccccc3)c(C)c(C#N)c3nc(C(C)(C)C)oc23)C1.Cl. The largest absolute Gasteiger partial charge is 0.438 e. The molecule has 0 spiro atoms. The van der Waals surface area contributed by atoms with Crippen molar-refractivity contribution in [2.75, 3.05) is 25.0 Å². The summed E-state index contributed by atoms with van der Waals surface area (Å²) < 4.78 is 6.38. The number of hydrogen-bond donors (Lipinski definition) is 1. The summed E-state index contributed by atoms with van der Waals surface area (Å²) in [5.41, 5.74) is 5.97. The van der Waals surface area contributed by atoms with Crippen LogP contribution in [0.3, 0.4) is 0 Å². The average Bonchev–Trinajstić information content (AvgIpc) is 3.35. The van der Waals surface area contributed by atoms with Gasteiger partial charge in [0.05, 0.1) is 11.3 Å². The first-order valence-corrected chi connectivity index (χ1v) is 10.2. The van der Waals surface area contributed by atoms with Crippen molar-refractivity contribution in [1.82, 2.24) is 10.3 Å². The topological polar surface area (TPSA) is 65.1 Å². The number of oxazole rings is 1. The van der Waals surface area contributed by atoms with Crippen molar-refractivity contribution < 1.29 is 4.42 Å². The van der Waals surface area contributed by atoms with Gasteiger partial charge >= 0.3 is 0 Å². The second-order valence-electron chi connectivity index (χ2n) is 8.87. The zero-order valence-corrected chi connectivity index (χ0v) is 19.1. The van der Waals surface area contributed by atoms with E-state index in [0.29, 0.717) is 23.0 Å². The molecule has 0 saturated carbocycles. The molecule has 2 aromatic carbocycles. The highest BCUT2D eigenvalue weighted by atomic mass is 35.5. The zero-order valence-electron chi connectivity index (χ0n) is 18.2. The maximum Gasteiger partial charge on any atom is 0.201 e. The molecule has 1 aromatic heterocycles. The number of halogens is 1. The number of nitriles is 1. The molecule has 0 amide bonds. The molecular weight excluding hydrogens is 396 g/mol. The van der Waals surface area contributed by atoms with Gasteiger partial charge in [0.1, 0.15) is 11.6 Å². The Morgan fingerprint density at radius 2 is 1.93 bits per heavy atom. The Kier molecular flexibility index (Phi) is 6.12. The maximum atomic E-state index is 9.98. The monoisotopic (exact) mass is 424 g/mol. The number of nitrogens with one attached hydrogen (secondary N) is 1. The molecule has 4 rings (SSSR count). The molecule has 1 aliphatic rings. The van der Waals surface area contributed by atoms with E-state index in [1.807, 2.05) is 32.2 Å². The molecule has 1 fully saturated rings. The van der Waals surface area contributed by atoms with Crippen molar-refractivity contribution in [3.63, 3.8) is 0 Å². The van der Waals surface area contributed by atoms with E-state index in [1.54, 1.807) is 0 Å². The minimum absolute atomic E-state index is 0. The second kappa shape index (κ2) is 8.29. The molecule has 5 nitrogen and oxygen atoms in total. The van der Waals surface area contributed by atoms with E-state index in [2.05, 4.69) is 49.2 Å². The van der Waals surface area contributed by atoms with Gasteiger partial charge in [-0.2, -0.15) is 5.26 Å². The van der Waals surface area contributed by atoms with Crippen molar-refractivity contribution in [3.05, 3.63) is 47.3 Å². The third-order valence-corrected chi connectivity index (χ3v) is 5.79. The Morgan fingerprint density at radius 3 is 2.50 bits per heavy atom. The molecule has 158 valence electrons. The van der Waals surface area contributed by atoms with Crippen molar-refractivity contribution in [2.24, 2.45) is 0 Å². The quantitative estimate of drug-likeness (QED) is 0.626. The molecular formula is C24H29ClN4O. The van der Waals surface area contributed by atoms with Crippen LogP contribution in [0.1, 0.15) is 44.2 Å². The molecule has 3 aromatic rings. The average molecular weight is 425 g/mol. The van der Waals surface area contributed by atoms with Gasteiger partial charge in [-0.05, 0) is 31.5 Å². The number of fused-ring (bicyclic) bond motifs is 1. The van der Waals surface area contributed by atoms with Crippen LogP contribution < -0.4 is 10.2 Å². The van der Waals surface area contributed by atoms with Gasteiger partial charge in [0.2, 0.25) is 5.89 Å². The molecule has 6 heteroatoms. The normalized spacial score (nSPS) is 16.5. The van der Waals surface area contributed by atoms with Crippen LogP contribution in [-0.4, -0.2) is 31.2 Å².